The van der Waals surface area contributed by atoms with Gasteiger partial charge in [0.15, 0.2) is 46.0 Å². The molecule has 0 aliphatic rings. The van der Waals surface area contributed by atoms with E-state index in [2.05, 4.69) is 260 Å². The van der Waals surface area contributed by atoms with E-state index in [0.29, 0.717) is 135 Å². The van der Waals surface area contributed by atoms with Gasteiger partial charge in [0.2, 0.25) is 0 Å². The lowest BCUT2D eigenvalue weighted by Crippen LogP contribution is -2.09. The molecule has 9 rings (SSSR count). The summed E-state index contributed by atoms with van der Waals surface area (Å²) in [4.78, 5) is 0. The number of nitriles is 2. The number of ether oxygens (including phenoxy) is 8. The fraction of sp³-hybridized carbons (Fsp3) is 0.538. The molecule has 10 nitrogen and oxygen atoms in total. The van der Waals surface area contributed by atoms with Gasteiger partial charge in [-0.25, -0.2) is 0 Å². The Labute approximate surface area is 687 Å². The van der Waals surface area contributed by atoms with Crippen LogP contribution < -0.4 is 37.9 Å². The Bertz CT molecular complexity index is 4480. The van der Waals surface area contributed by atoms with Gasteiger partial charge in [-0.1, -0.05) is 226 Å². The molecule has 2 atom stereocenters. The third-order valence-corrected chi connectivity index (χ3v) is 22.7. The Morgan fingerprint density at radius 2 is 0.491 bits per heavy atom. The summed E-state index contributed by atoms with van der Waals surface area (Å²) in [5.74, 6) is 10.3. The molecule has 0 bridgehead atoms. The fourth-order valence-corrected chi connectivity index (χ4v) is 15.0. The van der Waals surface area contributed by atoms with Crippen LogP contribution in [0.4, 0.5) is 0 Å². The average molecular weight is 1550 g/mol. The molecule has 0 N–H and O–H groups in total. The van der Waals surface area contributed by atoms with Crippen LogP contribution in [0.1, 0.15) is 275 Å². The zero-order chi connectivity index (χ0) is 82.1. The van der Waals surface area contributed by atoms with E-state index in [1.165, 1.54) is 11.1 Å². The Hall–Kier alpha value is -8.60. The largest absolute Gasteiger partial charge is 0.490 e. The maximum absolute atomic E-state index is 11.9. The summed E-state index contributed by atoms with van der Waals surface area (Å²) in [5.41, 5.74) is 7.25. The van der Waals surface area contributed by atoms with Crippen LogP contribution in [-0.4, -0.2) is 52.9 Å². The lowest BCUT2D eigenvalue weighted by molar-refractivity contribution is 0.247. The monoisotopic (exact) mass is 1550 g/mol. The summed E-state index contributed by atoms with van der Waals surface area (Å²) < 4.78 is 54.1. The van der Waals surface area contributed by atoms with Gasteiger partial charge in [0.05, 0.1) is 76.1 Å². The predicted molar refractivity (Wildman–Crippen MR) is 485 cm³/mol. The lowest BCUT2D eigenvalue weighted by Gasteiger charge is -2.22. The molecule has 114 heavy (non-hydrogen) atoms. The van der Waals surface area contributed by atoms with Crippen molar-refractivity contribution in [3.05, 3.63) is 130 Å². The van der Waals surface area contributed by atoms with Gasteiger partial charge in [-0.05, 0) is 294 Å². The lowest BCUT2D eigenvalue weighted by atomic mass is 9.83. The van der Waals surface area contributed by atoms with Crippen LogP contribution in [0, 0.1) is 81.8 Å². The van der Waals surface area contributed by atoms with Crippen LogP contribution >= 0.6 is 0 Å². The Kier molecular flexibility index (Phi) is 34.4. The zero-order valence-electron chi connectivity index (χ0n) is 73.7. The molecule has 9 aromatic carbocycles. The third kappa shape index (κ3) is 24.7. The molecule has 614 valence electrons. The number of unbranched alkanes of at least 4 members (excludes halogenated alkanes) is 2. The van der Waals surface area contributed by atoms with Crippen molar-refractivity contribution in [1.82, 2.24) is 0 Å². The maximum atomic E-state index is 11.9. The molecule has 0 aliphatic heterocycles. The maximum Gasteiger partial charge on any atom is 0.161 e. The standard InChI is InChI=1S/C104H140N2O8/c1-21-25-27-75(23-3)49-79-51-82(54-84(66-106)78-30-32-86-88(56-78)92-60-100(110-44-36-70(11)12)104(114-48-40-74(19)20)64-96(92)94-62-102(112-46-38-72(15)16)98(58-90(86)94)108-42-34-68(7)8)80(50-76(24-4)28-26-22-2)52-81(79)53-83(65-105)77-29-31-85-87(55-77)91-59-99(109-43-35-69(9)10)103(113-47-39-73(17)18)63-95(91)93-61-101(111-45-37-71(13)14)97(57-89(85)93)107-41-33-67(5)6/h29-32,51-64,67-76H,21-28,33-50H2,1-20H3/b83-53+,84-54+. The first-order valence-electron chi connectivity index (χ1n) is 44.3. The van der Waals surface area contributed by atoms with Crippen LogP contribution in [0.25, 0.3) is 87.9 Å². The van der Waals surface area contributed by atoms with E-state index in [1.54, 1.807) is 0 Å². The first-order valence-corrected chi connectivity index (χ1v) is 44.3. The van der Waals surface area contributed by atoms with Crippen molar-refractivity contribution in [2.45, 2.75) is 254 Å². The van der Waals surface area contributed by atoms with Crippen molar-refractivity contribution in [1.29, 1.82) is 10.5 Å². The van der Waals surface area contributed by atoms with Crippen LogP contribution in [0.3, 0.4) is 0 Å². The molecule has 0 saturated heterocycles. The van der Waals surface area contributed by atoms with Crippen molar-refractivity contribution in [3.8, 4) is 58.1 Å². The molecule has 0 aromatic heterocycles. The zero-order valence-corrected chi connectivity index (χ0v) is 73.7. The molecule has 0 spiro atoms. The SMILES string of the molecule is CCCCC(CC)Cc1cc(/C=C(\C#N)c2ccc3c(c2)c2cc(OCCC(C)C)c(OCCC(C)C)cc2c2cc(OCCC(C)C)c(OCCC(C)C)cc32)c(CC(CC)CCCC)cc1/C=C(\C#N)c1ccc2c(c1)c1cc(OCCC(C)C)c(OCCC(C)C)cc1c1cc(OCCC(C)C)c(OCCC(C)C)cc21. The number of allylic oxidation sites excluding steroid dienone is 2. The highest BCUT2D eigenvalue weighted by molar-refractivity contribution is 6.28. The van der Waals surface area contributed by atoms with Crippen molar-refractivity contribution >= 4 is 87.9 Å². The van der Waals surface area contributed by atoms with Crippen LogP contribution in [0.15, 0.2) is 97.1 Å². The summed E-state index contributed by atoms with van der Waals surface area (Å²) in [6.07, 6.45) is 21.9. The van der Waals surface area contributed by atoms with Gasteiger partial charge in [-0.3, -0.25) is 0 Å². The minimum absolute atomic E-state index is 0.401. The highest BCUT2D eigenvalue weighted by Crippen LogP contribution is 2.49. The van der Waals surface area contributed by atoms with E-state index in [1.807, 2.05) is 0 Å². The summed E-state index contributed by atoms with van der Waals surface area (Å²) in [5, 5.41) is 36.0. The van der Waals surface area contributed by atoms with Crippen molar-refractivity contribution < 1.29 is 37.9 Å². The minimum Gasteiger partial charge on any atom is -0.490 e. The second kappa shape index (κ2) is 43.9. The highest BCUT2D eigenvalue weighted by Gasteiger charge is 2.25. The van der Waals surface area contributed by atoms with E-state index >= 15 is 0 Å². The first kappa shape index (κ1) is 89.3. The van der Waals surface area contributed by atoms with Crippen LogP contribution in [0.2, 0.25) is 0 Å². The Morgan fingerprint density at radius 1 is 0.281 bits per heavy atom. The summed E-state index contributed by atoms with van der Waals surface area (Å²) in [7, 11) is 0. The molecular weight excluding hydrogens is 1410 g/mol. The molecular formula is C104H140N2O8. The summed E-state index contributed by atoms with van der Waals surface area (Å²) >= 11 is 0. The van der Waals surface area contributed by atoms with Crippen LogP contribution in [0.5, 0.6) is 46.0 Å². The van der Waals surface area contributed by atoms with Crippen molar-refractivity contribution in [2.24, 2.45) is 59.2 Å². The molecule has 0 radical (unpaired) electrons. The number of nitrogens with zero attached hydrogens (tertiary/aromatic N) is 2. The molecule has 10 heteroatoms. The molecule has 2 unspecified atom stereocenters. The summed E-state index contributed by atoms with van der Waals surface area (Å²) in [6, 6.07) is 41.0. The molecule has 0 heterocycles. The Morgan fingerprint density at radius 3 is 0.684 bits per heavy atom. The molecule has 0 fully saturated rings. The number of benzene rings is 9. The molecule has 0 amide bonds. The van der Waals surface area contributed by atoms with E-state index in [0.717, 1.165) is 237 Å². The number of hydrogen-bond donors (Lipinski definition) is 0. The quantitative estimate of drug-likeness (QED) is 0.0207. The average Bonchev–Trinajstić information content (AvgIpc) is 0.735. The van der Waals surface area contributed by atoms with E-state index in [-0.39, 0.29) is 0 Å². The van der Waals surface area contributed by atoms with Crippen LogP contribution in [-0.2, 0) is 12.8 Å². The molecule has 0 aliphatic carbocycles. The third-order valence-electron chi connectivity index (χ3n) is 22.7. The van der Waals surface area contributed by atoms with Crippen molar-refractivity contribution in [2.75, 3.05) is 52.9 Å². The Balaban J connectivity index is 1.30. The van der Waals surface area contributed by atoms with Gasteiger partial charge in [0.1, 0.15) is 0 Å². The topological polar surface area (TPSA) is 121 Å². The van der Waals surface area contributed by atoms with E-state index < -0.39 is 0 Å². The molecule has 9 aromatic rings. The smallest absolute Gasteiger partial charge is 0.161 e. The second-order valence-corrected chi connectivity index (χ2v) is 36.0. The molecule has 0 saturated carbocycles. The van der Waals surface area contributed by atoms with Gasteiger partial charge in [0, 0.05) is 0 Å². The van der Waals surface area contributed by atoms with Gasteiger partial charge in [0.25, 0.3) is 0 Å². The fourth-order valence-electron chi connectivity index (χ4n) is 15.0. The second-order valence-electron chi connectivity index (χ2n) is 36.0. The minimum atomic E-state index is 0.401. The number of rotatable bonds is 48. The van der Waals surface area contributed by atoms with E-state index in [4.69, 9.17) is 37.9 Å². The van der Waals surface area contributed by atoms with Crippen molar-refractivity contribution in [3.63, 3.8) is 0 Å². The normalized spacial score (nSPS) is 12.9. The highest BCUT2D eigenvalue weighted by atomic mass is 16.5. The first-order chi connectivity index (χ1) is 54.8. The van der Waals surface area contributed by atoms with Gasteiger partial charge in [-0.15, -0.1) is 0 Å². The van der Waals surface area contributed by atoms with Gasteiger partial charge >= 0.3 is 0 Å². The number of hydrogen-bond acceptors (Lipinski definition) is 10. The summed E-state index contributed by atoms with van der Waals surface area (Å²) in [6.45, 7) is 49.4. The predicted octanol–water partition coefficient (Wildman–Crippen LogP) is 29.7. The van der Waals surface area contributed by atoms with Gasteiger partial charge < -0.3 is 37.9 Å². The van der Waals surface area contributed by atoms with Gasteiger partial charge in [-0.2, -0.15) is 10.5 Å². The number of fused-ring (bicyclic) bond motifs is 12. The van der Waals surface area contributed by atoms with E-state index in [9.17, 15) is 10.5 Å².